The molecule has 0 bridgehead atoms. The van der Waals surface area contributed by atoms with Gasteiger partial charge in [-0.25, -0.2) is 4.79 Å². The van der Waals surface area contributed by atoms with Gasteiger partial charge in [0.05, 0.1) is 19.3 Å². The molecule has 0 aliphatic carbocycles. The lowest BCUT2D eigenvalue weighted by Gasteiger charge is -2.28. The summed E-state index contributed by atoms with van der Waals surface area (Å²) in [5.41, 5.74) is 2.64. The van der Waals surface area contributed by atoms with Gasteiger partial charge in [-0.2, -0.15) is 0 Å². The molecule has 0 fully saturated rings. The van der Waals surface area contributed by atoms with Crippen LogP contribution in [0.3, 0.4) is 0 Å². The third-order valence-electron chi connectivity index (χ3n) is 4.97. The maximum absolute atomic E-state index is 13.0. The highest BCUT2D eigenvalue weighted by Gasteiger charge is 2.34. The van der Waals surface area contributed by atoms with Gasteiger partial charge in [0.25, 0.3) is 0 Å². The van der Waals surface area contributed by atoms with E-state index < -0.39 is 11.9 Å². The van der Waals surface area contributed by atoms with E-state index in [0.717, 1.165) is 23.3 Å². The Morgan fingerprint density at radius 1 is 1.13 bits per heavy atom. The number of hydrogen-bond donors (Lipinski definition) is 1. The van der Waals surface area contributed by atoms with E-state index in [2.05, 4.69) is 5.32 Å². The van der Waals surface area contributed by atoms with E-state index in [0.29, 0.717) is 23.6 Å². The maximum Gasteiger partial charge on any atom is 0.336 e. The Kier molecular flexibility index (Phi) is 7.12. The van der Waals surface area contributed by atoms with Crippen LogP contribution in [0.2, 0.25) is 0 Å². The van der Waals surface area contributed by atoms with Crippen LogP contribution >= 0.6 is 0 Å². The van der Waals surface area contributed by atoms with Gasteiger partial charge in [0.15, 0.2) is 0 Å². The van der Waals surface area contributed by atoms with Crippen molar-refractivity contribution in [2.75, 3.05) is 13.7 Å². The number of esters is 1. The third kappa shape index (κ3) is 5.00. The van der Waals surface area contributed by atoms with Crippen LogP contribution in [-0.4, -0.2) is 25.6 Å². The van der Waals surface area contributed by atoms with Crippen molar-refractivity contribution in [1.29, 1.82) is 0 Å². The number of rotatable bonds is 8. The van der Waals surface area contributed by atoms with Crippen LogP contribution in [0.25, 0.3) is 0 Å². The quantitative estimate of drug-likeness (QED) is 0.665. The normalized spacial score (nSPS) is 16.1. The molecule has 158 valence electrons. The van der Waals surface area contributed by atoms with Crippen LogP contribution < -0.4 is 14.8 Å². The predicted octanol–water partition coefficient (Wildman–Crippen LogP) is 4.10. The Balaban J connectivity index is 1.83. The number of carbonyl (C=O) groups excluding carboxylic acids is 2. The van der Waals surface area contributed by atoms with Crippen molar-refractivity contribution in [2.45, 2.75) is 39.2 Å². The van der Waals surface area contributed by atoms with Gasteiger partial charge in [0.2, 0.25) is 5.91 Å². The molecule has 0 saturated carbocycles. The smallest absolute Gasteiger partial charge is 0.336 e. The number of hydrogen-bond acceptors (Lipinski definition) is 5. The summed E-state index contributed by atoms with van der Waals surface area (Å²) in [7, 11) is 1.60. The summed E-state index contributed by atoms with van der Waals surface area (Å²) in [5, 5.41) is 2.77. The highest BCUT2D eigenvalue weighted by Crippen LogP contribution is 2.38. The summed E-state index contributed by atoms with van der Waals surface area (Å²) in [6.45, 7) is 4.45. The molecule has 1 heterocycles. The molecule has 3 rings (SSSR count). The molecule has 6 nitrogen and oxygen atoms in total. The number of methoxy groups -OCH3 is 1. The molecule has 1 atom stereocenters. The van der Waals surface area contributed by atoms with Gasteiger partial charge in [-0.05, 0) is 37.1 Å². The van der Waals surface area contributed by atoms with Crippen molar-refractivity contribution in [1.82, 2.24) is 5.32 Å². The minimum absolute atomic E-state index is 0.130. The van der Waals surface area contributed by atoms with Crippen molar-refractivity contribution in [3.05, 3.63) is 70.9 Å². The van der Waals surface area contributed by atoms with Gasteiger partial charge in [-0.15, -0.1) is 0 Å². The van der Waals surface area contributed by atoms with Crippen LogP contribution in [-0.2, 0) is 20.9 Å². The highest BCUT2D eigenvalue weighted by molar-refractivity contribution is 5.96. The number of amides is 1. The average Bonchev–Trinajstić information content (AvgIpc) is 2.76. The van der Waals surface area contributed by atoms with Gasteiger partial charge in [-0.1, -0.05) is 37.3 Å². The van der Waals surface area contributed by atoms with Gasteiger partial charge < -0.3 is 19.5 Å². The molecule has 30 heavy (non-hydrogen) atoms. The molecule has 0 spiro atoms. The van der Waals surface area contributed by atoms with Gasteiger partial charge in [0.1, 0.15) is 18.1 Å². The van der Waals surface area contributed by atoms with Gasteiger partial charge in [-0.3, -0.25) is 4.79 Å². The summed E-state index contributed by atoms with van der Waals surface area (Å²) in [6, 6.07) is 14.9. The molecule has 2 aromatic carbocycles. The Morgan fingerprint density at radius 2 is 1.87 bits per heavy atom. The van der Waals surface area contributed by atoms with E-state index in [9.17, 15) is 9.59 Å². The lowest BCUT2D eigenvalue weighted by atomic mass is 9.84. The standard InChI is InChI=1S/C24H27NO5/c1-4-13-29-21-8-6-5-7-19(21)20-14-22(26)25-16(2)23(20)24(27)30-15-17-9-11-18(28-3)12-10-17/h5-12,20H,4,13-15H2,1-3H3,(H,25,26)/t20-/m0/s1. The Labute approximate surface area is 176 Å². The van der Waals surface area contributed by atoms with Crippen molar-refractivity contribution in [2.24, 2.45) is 0 Å². The zero-order valence-corrected chi connectivity index (χ0v) is 17.6. The van der Waals surface area contributed by atoms with E-state index in [1.54, 1.807) is 14.0 Å². The van der Waals surface area contributed by atoms with Crippen LogP contribution in [0.1, 0.15) is 43.7 Å². The van der Waals surface area contributed by atoms with Gasteiger partial charge in [0, 0.05) is 23.6 Å². The Morgan fingerprint density at radius 3 is 2.57 bits per heavy atom. The summed E-state index contributed by atoms with van der Waals surface area (Å²) in [4.78, 5) is 25.3. The number of benzene rings is 2. The predicted molar refractivity (Wildman–Crippen MR) is 113 cm³/mol. The first-order chi connectivity index (χ1) is 14.5. The molecule has 6 heteroatoms. The first-order valence-corrected chi connectivity index (χ1v) is 10.1. The average molecular weight is 409 g/mol. The second kappa shape index (κ2) is 9.96. The Bertz CT molecular complexity index is 933. The molecule has 2 aromatic rings. The van der Waals surface area contributed by atoms with Crippen LogP contribution in [0.5, 0.6) is 11.5 Å². The fourth-order valence-corrected chi connectivity index (χ4v) is 3.50. The summed E-state index contributed by atoms with van der Waals surface area (Å²) in [6.07, 6.45) is 1.03. The van der Waals surface area contributed by atoms with E-state index in [-0.39, 0.29) is 18.9 Å². The van der Waals surface area contributed by atoms with E-state index in [1.807, 2.05) is 55.5 Å². The molecule has 1 aliphatic rings. The first kappa shape index (κ1) is 21.4. The Hall–Kier alpha value is -3.28. The van der Waals surface area contributed by atoms with Gasteiger partial charge >= 0.3 is 5.97 Å². The topological polar surface area (TPSA) is 73.9 Å². The minimum atomic E-state index is -0.446. The largest absolute Gasteiger partial charge is 0.497 e. The summed E-state index contributed by atoms with van der Waals surface area (Å²) >= 11 is 0. The van der Waals surface area contributed by atoms with Crippen LogP contribution in [0.15, 0.2) is 59.8 Å². The number of ether oxygens (including phenoxy) is 3. The minimum Gasteiger partial charge on any atom is -0.497 e. The molecule has 1 amide bonds. The van der Waals surface area contributed by atoms with E-state index in [4.69, 9.17) is 14.2 Å². The third-order valence-corrected chi connectivity index (χ3v) is 4.97. The lowest BCUT2D eigenvalue weighted by Crippen LogP contribution is -2.34. The molecular formula is C24H27NO5. The van der Waals surface area contributed by atoms with Crippen molar-refractivity contribution < 1.29 is 23.8 Å². The summed E-state index contributed by atoms with van der Waals surface area (Å²) < 4.78 is 16.6. The van der Waals surface area contributed by atoms with Crippen LogP contribution in [0, 0.1) is 0 Å². The number of carbonyl (C=O) groups is 2. The molecule has 0 radical (unpaired) electrons. The van der Waals surface area contributed by atoms with Crippen molar-refractivity contribution in [3.63, 3.8) is 0 Å². The molecule has 1 N–H and O–H groups in total. The number of para-hydroxylation sites is 1. The summed E-state index contributed by atoms with van der Waals surface area (Å²) in [5.74, 6) is 0.429. The second-order valence-corrected chi connectivity index (χ2v) is 7.15. The second-order valence-electron chi connectivity index (χ2n) is 7.15. The molecule has 0 saturated heterocycles. The molecule has 1 aliphatic heterocycles. The van der Waals surface area contributed by atoms with E-state index >= 15 is 0 Å². The lowest BCUT2D eigenvalue weighted by molar-refractivity contribution is -0.141. The fourth-order valence-electron chi connectivity index (χ4n) is 3.50. The van der Waals surface area contributed by atoms with Crippen molar-refractivity contribution in [3.8, 4) is 11.5 Å². The van der Waals surface area contributed by atoms with E-state index in [1.165, 1.54) is 0 Å². The SMILES string of the molecule is CCCOc1ccccc1[C@@H]1CC(=O)NC(C)=C1C(=O)OCc1ccc(OC)cc1. The molecule has 0 aromatic heterocycles. The number of allylic oxidation sites excluding steroid dienone is 1. The fraction of sp³-hybridized carbons (Fsp3) is 0.333. The molecular weight excluding hydrogens is 382 g/mol. The highest BCUT2D eigenvalue weighted by atomic mass is 16.5. The zero-order valence-electron chi connectivity index (χ0n) is 17.6. The molecule has 0 unspecified atom stereocenters. The van der Waals surface area contributed by atoms with Crippen LogP contribution in [0.4, 0.5) is 0 Å². The first-order valence-electron chi connectivity index (χ1n) is 10.1. The van der Waals surface area contributed by atoms with Crippen molar-refractivity contribution >= 4 is 11.9 Å². The maximum atomic E-state index is 13.0. The number of nitrogens with one attached hydrogen (secondary N) is 1. The zero-order chi connectivity index (χ0) is 21.5. The monoisotopic (exact) mass is 409 g/mol.